The van der Waals surface area contributed by atoms with Crippen molar-refractivity contribution in [3.05, 3.63) is 114 Å². The van der Waals surface area contributed by atoms with Crippen molar-refractivity contribution in [1.29, 1.82) is 0 Å². The minimum atomic E-state index is -0.783. The van der Waals surface area contributed by atoms with Crippen LogP contribution in [-0.4, -0.2) is 30.5 Å². The van der Waals surface area contributed by atoms with Crippen LogP contribution in [0.4, 0.5) is 4.39 Å². The van der Waals surface area contributed by atoms with Gasteiger partial charge in [0.2, 0.25) is 0 Å². The van der Waals surface area contributed by atoms with Gasteiger partial charge in [-0.05, 0) is 73.9 Å². The molecule has 0 bridgehead atoms. The summed E-state index contributed by atoms with van der Waals surface area (Å²) in [5.41, 5.74) is 2.15. The number of esters is 4. The standard InChI is InChI=1S/C33H29FO8/c1-19(2)30(35)40-26-12-9-22(10-13-26)24-8-7-23(27(34)17-24)15-16-39-33(38)25-11-14-28(41-31(36)20(3)4)29(18-25)42-32(37)21(5)6/h7-14,17-18H,1,3,5,15-16H2,2,4,6H3. The van der Waals surface area contributed by atoms with Crippen LogP contribution in [0.3, 0.4) is 0 Å². The van der Waals surface area contributed by atoms with Crippen LogP contribution >= 0.6 is 0 Å². The first-order valence-corrected chi connectivity index (χ1v) is 12.7. The average molecular weight is 573 g/mol. The molecule has 0 unspecified atom stereocenters. The second-order valence-corrected chi connectivity index (χ2v) is 9.39. The summed E-state index contributed by atoms with van der Waals surface area (Å²) in [6.07, 6.45) is 0.0967. The first kappa shape index (κ1) is 31.2. The van der Waals surface area contributed by atoms with Gasteiger partial charge in [0.05, 0.1) is 12.2 Å². The number of carbonyl (C=O) groups excluding carboxylic acids is 4. The third-order valence-electron chi connectivity index (χ3n) is 5.69. The molecule has 0 aliphatic carbocycles. The zero-order valence-electron chi connectivity index (χ0n) is 23.5. The van der Waals surface area contributed by atoms with E-state index in [1.165, 1.54) is 38.1 Å². The van der Waals surface area contributed by atoms with Crippen molar-refractivity contribution >= 4 is 23.9 Å². The van der Waals surface area contributed by atoms with Crippen LogP contribution in [0.1, 0.15) is 36.7 Å². The van der Waals surface area contributed by atoms with Crippen LogP contribution in [0, 0.1) is 5.82 Å². The Morgan fingerprint density at radius 3 is 1.79 bits per heavy atom. The number of halogens is 1. The molecule has 0 heterocycles. The van der Waals surface area contributed by atoms with Crippen molar-refractivity contribution in [3.8, 4) is 28.4 Å². The fourth-order valence-electron chi connectivity index (χ4n) is 3.35. The molecule has 0 aliphatic rings. The molecular weight excluding hydrogens is 543 g/mol. The molecule has 8 nitrogen and oxygen atoms in total. The van der Waals surface area contributed by atoms with Gasteiger partial charge in [0.1, 0.15) is 11.6 Å². The van der Waals surface area contributed by atoms with E-state index >= 15 is 0 Å². The van der Waals surface area contributed by atoms with Gasteiger partial charge in [0.25, 0.3) is 0 Å². The molecule has 0 aliphatic heterocycles. The smallest absolute Gasteiger partial charge is 0.338 e. The molecule has 0 saturated carbocycles. The van der Waals surface area contributed by atoms with Gasteiger partial charge in [-0.3, -0.25) is 0 Å². The quantitative estimate of drug-likeness (QED) is 0.149. The molecule has 42 heavy (non-hydrogen) atoms. The summed E-state index contributed by atoms with van der Waals surface area (Å²) < 4.78 is 35.7. The highest BCUT2D eigenvalue weighted by Gasteiger charge is 2.19. The molecule has 0 N–H and O–H groups in total. The zero-order valence-corrected chi connectivity index (χ0v) is 23.5. The Morgan fingerprint density at radius 2 is 1.21 bits per heavy atom. The molecule has 3 aromatic rings. The predicted octanol–water partition coefficient (Wildman–Crippen LogP) is 6.34. The SMILES string of the molecule is C=C(C)C(=O)Oc1ccc(-c2ccc(CCOC(=O)c3ccc(OC(=O)C(=C)C)c(OC(=O)C(=C)C)c3)c(F)c2)cc1. The number of carbonyl (C=O) groups is 4. The van der Waals surface area contributed by atoms with Gasteiger partial charge in [-0.2, -0.15) is 0 Å². The highest BCUT2D eigenvalue weighted by atomic mass is 19.1. The Balaban J connectivity index is 1.65. The van der Waals surface area contributed by atoms with Crippen molar-refractivity contribution < 1.29 is 42.5 Å². The van der Waals surface area contributed by atoms with E-state index < -0.39 is 29.7 Å². The van der Waals surface area contributed by atoms with Crippen molar-refractivity contribution in [2.45, 2.75) is 27.2 Å². The maximum absolute atomic E-state index is 14.8. The average Bonchev–Trinajstić information content (AvgIpc) is 2.94. The monoisotopic (exact) mass is 572 g/mol. The fourth-order valence-corrected chi connectivity index (χ4v) is 3.35. The van der Waals surface area contributed by atoms with Crippen LogP contribution in [0.25, 0.3) is 11.1 Å². The lowest BCUT2D eigenvalue weighted by atomic mass is 10.0. The van der Waals surface area contributed by atoms with E-state index in [2.05, 4.69) is 19.7 Å². The lowest BCUT2D eigenvalue weighted by molar-refractivity contribution is -0.132. The summed E-state index contributed by atoms with van der Waals surface area (Å²) in [5, 5.41) is 0. The van der Waals surface area contributed by atoms with Gasteiger partial charge in [0.15, 0.2) is 11.5 Å². The second-order valence-electron chi connectivity index (χ2n) is 9.39. The molecule has 0 fully saturated rings. The van der Waals surface area contributed by atoms with Gasteiger partial charge in [0, 0.05) is 23.1 Å². The van der Waals surface area contributed by atoms with Crippen LogP contribution in [0.2, 0.25) is 0 Å². The number of ether oxygens (including phenoxy) is 4. The summed E-state index contributed by atoms with van der Waals surface area (Å²) in [6, 6.07) is 15.1. The first-order chi connectivity index (χ1) is 19.8. The molecule has 0 aromatic heterocycles. The summed E-state index contributed by atoms with van der Waals surface area (Å²) >= 11 is 0. The van der Waals surface area contributed by atoms with E-state index in [9.17, 15) is 23.6 Å². The maximum Gasteiger partial charge on any atom is 0.338 e. The largest absolute Gasteiger partial charge is 0.462 e. The first-order valence-electron chi connectivity index (χ1n) is 12.7. The Morgan fingerprint density at radius 1 is 0.667 bits per heavy atom. The van der Waals surface area contributed by atoms with Gasteiger partial charge >= 0.3 is 23.9 Å². The number of benzene rings is 3. The lowest BCUT2D eigenvalue weighted by Crippen LogP contribution is -2.14. The van der Waals surface area contributed by atoms with E-state index in [0.717, 1.165) is 0 Å². The van der Waals surface area contributed by atoms with Crippen LogP contribution in [0.5, 0.6) is 17.2 Å². The minimum absolute atomic E-state index is 0.0165. The van der Waals surface area contributed by atoms with E-state index in [1.54, 1.807) is 43.3 Å². The van der Waals surface area contributed by atoms with Crippen molar-refractivity contribution in [2.24, 2.45) is 0 Å². The number of rotatable bonds is 11. The predicted molar refractivity (Wildman–Crippen MR) is 154 cm³/mol. The van der Waals surface area contributed by atoms with E-state index in [-0.39, 0.29) is 46.8 Å². The Bertz CT molecular complexity index is 1580. The summed E-state index contributed by atoms with van der Waals surface area (Å²) in [5.74, 6) is -3.25. The topological polar surface area (TPSA) is 105 Å². The van der Waals surface area contributed by atoms with Crippen molar-refractivity contribution in [3.63, 3.8) is 0 Å². The molecular formula is C33H29FO8. The van der Waals surface area contributed by atoms with Gasteiger partial charge in [-0.15, -0.1) is 0 Å². The normalized spacial score (nSPS) is 10.3. The number of hydrogen-bond donors (Lipinski definition) is 0. The molecule has 9 heteroatoms. The van der Waals surface area contributed by atoms with Gasteiger partial charge < -0.3 is 18.9 Å². The third kappa shape index (κ3) is 8.34. The summed E-state index contributed by atoms with van der Waals surface area (Å²) in [6.45, 7) is 14.8. The molecule has 216 valence electrons. The molecule has 0 atom stereocenters. The molecule has 3 rings (SSSR count). The highest BCUT2D eigenvalue weighted by Crippen LogP contribution is 2.30. The minimum Gasteiger partial charge on any atom is -0.462 e. The van der Waals surface area contributed by atoms with Crippen LogP contribution in [0.15, 0.2) is 97.1 Å². The van der Waals surface area contributed by atoms with Crippen molar-refractivity contribution in [2.75, 3.05) is 6.61 Å². The highest BCUT2D eigenvalue weighted by molar-refractivity contribution is 5.93. The fraction of sp³-hybridized carbons (Fsp3) is 0.152. The summed E-state index contributed by atoms with van der Waals surface area (Å²) in [4.78, 5) is 48.4. The molecule has 0 radical (unpaired) electrons. The molecule has 3 aromatic carbocycles. The lowest BCUT2D eigenvalue weighted by Gasteiger charge is -2.12. The number of hydrogen-bond acceptors (Lipinski definition) is 8. The van der Waals surface area contributed by atoms with E-state index in [1.807, 2.05) is 0 Å². The van der Waals surface area contributed by atoms with E-state index in [4.69, 9.17) is 18.9 Å². The van der Waals surface area contributed by atoms with Gasteiger partial charge in [-0.25, -0.2) is 23.6 Å². The van der Waals surface area contributed by atoms with Gasteiger partial charge in [-0.1, -0.05) is 44.0 Å². The Hall–Kier alpha value is -5.31. The van der Waals surface area contributed by atoms with Crippen LogP contribution < -0.4 is 14.2 Å². The second kappa shape index (κ2) is 13.8. The van der Waals surface area contributed by atoms with E-state index in [0.29, 0.717) is 22.4 Å². The third-order valence-corrected chi connectivity index (χ3v) is 5.69. The Labute approximate surface area is 242 Å². The molecule has 0 saturated heterocycles. The van der Waals surface area contributed by atoms with Crippen LogP contribution in [-0.2, 0) is 25.5 Å². The Kier molecular flexibility index (Phi) is 10.3. The molecule has 0 spiro atoms. The summed E-state index contributed by atoms with van der Waals surface area (Å²) in [7, 11) is 0. The van der Waals surface area contributed by atoms with Crippen molar-refractivity contribution in [1.82, 2.24) is 0 Å². The maximum atomic E-state index is 14.8. The molecule has 0 amide bonds. The zero-order chi connectivity index (χ0) is 31.0.